The van der Waals surface area contributed by atoms with Gasteiger partial charge >= 0.3 is 0 Å². The molecule has 0 heterocycles. The average Bonchev–Trinajstić information content (AvgIpc) is 2.88. The second-order valence-electron chi connectivity index (χ2n) is 10.4. The van der Waals surface area contributed by atoms with Gasteiger partial charge in [-0.2, -0.15) is 0 Å². The van der Waals surface area contributed by atoms with Crippen molar-refractivity contribution in [3.05, 3.63) is 106 Å². The van der Waals surface area contributed by atoms with Gasteiger partial charge in [0.05, 0.1) is 12.1 Å². The summed E-state index contributed by atoms with van der Waals surface area (Å²) in [5.41, 5.74) is 3.29. The molecule has 1 fully saturated rings. The Hall–Kier alpha value is -3.16. The van der Waals surface area contributed by atoms with Crippen LogP contribution in [0.25, 0.3) is 0 Å². The van der Waals surface area contributed by atoms with Crippen LogP contribution in [0, 0.1) is 17.5 Å². The summed E-state index contributed by atoms with van der Waals surface area (Å²) in [6.45, 7) is 1.56. The summed E-state index contributed by atoms with van der Waals surface area (Å²) in [5, 5.41) is 17.5. The molecule has 202 valence electrons. The van der Waals surface area contributed by atoms with E-state index in [0.29, 0.717) is 12.0 Å². The highest BCUT2D eigenvalue weighted by atomic mass is 19.1. The first-order valence-electron chi connectivity index (χ1n) is 13.2. The lowest BCUT2D eigenvalue weighted by Crippen LogP contribution is -2.53. The zero-order chi connectivity index (χ0) is 27.1. The molecule has 0 saturated heterocycles. The van der Waals surface area contributed by atoms with E-state index < -0.39 is 23.8 Å². The van der Waals surface area contributed by atoms with Crippen LogP contribution in [0.2, 0.25) is 0 Å². The smallest absolute Gasteiger partial charge is 0.217 e. The van der Waals surface area contributed by atoms with Gasteiger partial charge in [-0.3, -0.25) is 4.79 Å². The average molecular weight is 525 g/mol. The van der Waals surface area contributed by atoms with Crippen molar-refractivity contribution in [3.63, 3.8) is 0 Å². The highest BCUT2D eigenvalue weighted by Crippen LogP contribution is 2.37. The summed E-state index contributed by atoms with van der Waals surface area (Å²) in [5.74, 6) is -1.98. The van der Waals surface area contributed by atoms with Gasteiger partial charge in [-0.25, -0.2) is 13.2 Å². The number of nitrogens with one attached hydrogen (secondary N) is 2. The number of aliphatic hydroxyl groups is 1. The second kappa shape index (κ2) is 12.6. The van der Waals surface area contributed by atoms with Gasteiger partial charge < -0.3 is 15.7 Å². The molecule has 0 aliphatic heterocycles. The Morgan fingerprint density at radius 3 is 2.21 bits per heavy atom. The Kier molecular flexibility index (Phi) is 9.23. The molecule has 7 heteroatoms. The number of rotatable bonds is 10. The van der Waals surface area contributed by atoms with E-state index in [1.54, 1.807) is 12.1 Å². The Bertz CT molecular complexity index is 1210. The number of halogens is 3. The molecule has 2 atom stereocenters. The minimum Gasteiger partial charge on any atom is -0.390 e. The van der Waals surface area contributed by atoms with Gasteiger partial charge in [0.25, 0.3) is 0 Å². The zero-order valence-corrected chi connectivity index (χ0v) is 21.7. The van der Waals surface area contributed by atoms with Crippen molar-refractivity contribution < 1.29 is 23.1 Å². The van der Waals surface area contributed by atoms with E-state index in [0.717, 1.165) is 54.9 Å². The Balaban J connectivity index is 1.51. The standard InChI is InChI=1S/C31H35F3N2O2/c1-21(37)36-29(18-24-16-27(33)19-28(34)17-24)30(38)20-35-31(12-3-2-4-13-31)25-7-5-6-23(15-25)14-22-8-10-26(32)11-9-22/h5-11,15-17,19,29-30,35,38H,2-4,12-14,18,20H2,1H3,(H,36,37). The van der Waals surface area contributed by atoms with Gasteiger partial charge in [-0.15, -0.1) is 0 Å². The van der Waals surface area contributed by atoms with Crippen LogP contribution >= 0.6 is 0 Å². The maximum Gasteiger partial charge on any atom is 0.217 e. The van der Waals surface area contributed by atoms with Crippen molar-refractivity contribution in [3.8, 4) is 0 Å². The van der Waals surface area contributed by atoms with E-state index in [1.165, 1.54) is 31.2 Å². The monoisotopic (exact) mass is 524 g/mol. The second-order valence-corrected chi connectivity index (χ2v) is 10.4. The third-order valence-corrected chi connectivity index (χ3v) is 7.39. The minimum atomic E-state index is -0.980. The Morgan fingerprint density at radius 1 is 0.868 bits per heavy atom. The number of carbonyl (C=O) groups excluding carboxylic acids is 1. The topological polar surface area (TPSA) is 61.4 Å². The van der Waals surface area contributed by atoms with Crippen molar-refractivity contribution >= 4 is 5.91 Å². The van der Waals surface area contributed by atoms with Crippen molar-refractivity contribution in [1.29, 1.82) is 0 Å². The van der Waals surface area contributed by atoms with Crippen molar-refractivity contribution in [2.75, 3.05) is 6.54 Å². The molecule has 1 saturated carbocycles. The molecule has 2 unspecified atom stereocenters. The summed E-state index contributed by atoms with van der Waals surface area (Å²) >= 11 is 0. The van der Waals surface area contributed by atoms with Crippen molar-refractivity contribution in [2.45, 2.75) is 69.6 Å². The summed E-state index contributed by atoms with van der Waals surface area (Å²) in [4.78, 5) is 11.9. The van der Waals surface area contributed by atoms with Gasteiger partial charge in [-0.05, 0) is 72.2 Å². The molecular weight excluding hydrogens is 489 g/mol. The maximum atomic E-state index is 13.7. The van der Waals surface area contributed by atoms with Gasteiger partial charge in [0.2, 0.25) is 5.91 Å². The number of hydrogen-bond acceptors (Lipinski definition) is 3. The number of carbonyl (C=O) groups is 1. The molecule has 0 spiro atoms. The number of amides is 1. The Labute approximate surface area is 222 Å². The fourth-order valence-electron chi connectivity index (χ4n) is 5.51. The molecular formula is C31H35F3N2O2. The van der Waals surface area contributed by atoms with Gasteiger partial charge in [-0.1, -0.05) is 55.7 Å². The third kappa shape index (κ3) is 7.45. The molecule has 38 heavy (non-hydrogen) atoms. The highest BCUT2D eigenvalue weighted by molar-refractivity contribution is 5.73. The SMILES string of the molecule is CC(=O)NC(Cc1cc(F)cc(F)c1)C(O)CNC1(c2cccc(Cc3ccc(F)cc3)c2)CCCCC1. The minimum absolute atomic E-state index is 0.0945. The van der Waals surface area contributed by atoms with Crippen LogP contribution in [0.15, 0.2) is 66.7 Å². The van der Waals surface area contributed by atoms with Crippen LogP contribution in [0.4, 0.5) is 13.2 Å². The molecule has 4 rings (SSSR count). The van der Waals surface area contributed by atoms with E-state index >= 15 is 0 Å². The summed E-state index contributed by atoms with van der Waals surface area (Å²) < 4.78 is 40.8. The van der Waals surface area contributed by atoms with Gasteiger partial charge in [0.1, 0.15) is 17.5 Å². The molecule has 0 radical (unpaired) electrons. The predicted molar refractivity (Wildman–Crippen MR) is 142 cm³/mol. The Morgan fingerprint density at radius 2 is 1.55 bits per heavy atom. The molecule has 3 aromatic carbocycles. The molecule has 1 aliphatic carbocycles. The summed E-state index contributed by atoms with van der Waals surface area (Å²) in [6.07, 6.45) is 4.83. The lowest BCUT2D eigenvalue weighted by Gasteiger charge is -2.40. The number of aliphatic hydroxyl groups excluding tert-OH is 1. The van der Waals surface area contributed by atoms with Crippen LogP contribution in [0.1, 0.15) is 61.3 Å². The first kappa shape index (κ1) is 27.9. The first-order valence-corrected chi connectivity index (χ1v) is 13.2. The molecule has 1 amide bonds. The summed E-state index contributed by atoms with van der Waals surface area (Å²) in [7, 11) is 0. The van der Waals surface area contributed by atoms with Gasteiger partial charge in [0, 0.05) is 25.1 Å². The fourth-order valence-corrected chi connectivity index (χ4v) is 5.51. The zero-order valence-electron chi connectivity index (χ0n) is 21.7. The molecule has 0 aromatic heterocycles. The van der Waals surface area contributed by atoms with Crippen LogP contribution in [-0.4, -0.2) is 29.7 Å². The van der Waals surface area contributed by atoms with Crippen LogP contribution in [0.3, 0.4) is 0 Å². The van der Waals surface area contributed by atoms with Crippen LogP contribution < -0.4 is 10.6 Å². The normalized spacial score (nSPS) is 16.6. The number of hydrogen-bond donors (Lipinski definition) is 3. The third-order valence-electron chi connectivity index (χ3n) is 7.39. The lowest BCUT2D eigenvalue weighted by atomic mass is 9.76. The van der Waals surface area contributed by atoms with Crippen molar-refractivity contribution in [1.82, 2.24) is 10.6 Å². The predicted octanol–water partition coefficient (Wildman–Crippen LogP) is 5.55. The molecule has 3 N–H and O–H groups in total. The quantitative estimate of drug-likeness (QED) is 0.326. The van der Waals surface area contributed by atoms with E-state index in [4.69, 9.17) is 0 Å². The fraction of sp³-hybridized carbons (Fsp3) is 0.387. The van der Waals surface area contributed by atoms with E-state index in [9.17, 15) is 23.1 Å². The van der Waals surface area contributed by atoms with Gasteiger partial charge in [0.15, 0.2) is 0 Å². The van der Waals surface area contributed by atoms with Crippen molar-refractivity contribution in [2.24, 2.45) is 0 Å². The first-order chi connectivity index (χ1) is 18.2. The van der Waals surface area contributed by atoms with Crippen LogP contribution in [0.5, 0.6) is 0 Å². The molecule has 1 aliphatic rings. The lowest BCUT2D eigenvalue weighted by molar-refractivity contribution is -0.120. The number of benzene rings is 3. The van der Waals surface area contributed by atoms with Crippen LogP contribution in [-0.2, 0) is 23.2 Å². The maximum absolute atomic E-state index is 13.7. The molecule has 0 bridgehead atoms. The molecule has 3 aromatic rings. The van der Waals surface area contributed by atoms with E-state index in [1.807, 2.05) is 6.07 Å². The van der Waals surface area contributed by atoms with E-state index in [2.05, 4.69) is 28.8 Å². The summed E-state index contributed by atoms with van der Waals surface area (Å²) in [6, 6.07) is 17.4. The van der Waals surface area contributed by atoms with E-state index in [-0.39, 0.29) is 30.2 Å². The highest BCUT2D eigenvalue weighted by Gasteiger charge is 2.35. The molecule has 4 nitrogen and oxygen atoms in total. The largest absolute Gasteiger partial charge is 0.390 e.